The number of allylic oxidation sites excluding steroid dienone is 2. The van der Waals surface area contributed by atoms with E-state index in [0.717, 1.165) is 5.70 Å². The number of hydrogen-bond donors (Lipinski definition) is 1. The summed E-state index contributed by atoms with van der Waals surface area (Å²) in [6, 6.07) is 12.5. The van der Waals surface area contributed by atoms with Crippen molar-refractivity contribution in [3.63, 3.8) is 0 Å². The number of anilines is 1. The summed E-state index contributed by atoms with van der Waals surface area (Å²) in [5.41, 5.74) is 2.12. The molecule has 11 heteroatoms. The second-order valence-electron chi connectivity index (χ2n) is 9.82. The van der Waals surface area contributed by atoms with Crippen LogP contribution in [0.2, 0.25) is 0 Å². The first-order chi connectivity index (χ1) is 17.6. The highest BCUT2D eigenvalue weighted by Gasteiger charge is 2.42. The Labute approximate surface area is 217 Å². The molecule has 0 fully saturated rings. The number of thioether (sulfide) groups is 1. The molecule has 0 spiro atoms. The van der Waals surface area contributed by atoms with E-state index in [4.69, 9.17) is 4.74 Å². The highest BCUT2D eigenvalue weighted by atomic mass is 32.2. The molecule has 2 aromatic carbocycles. The van der Waals surface area contributed by atoms with Crippen LogP contribution in [0.25, 0.3) is 0 Å². The Hall–Kier alpha value is -3.99. The molecule has 1 aliphatic carbocycles. The lowest BCUT2D eigenvalue weighted by atomic mass is 9.73. The maximum Gasteiger partial charge on any atom is 0.269 e. The van der Waals surface area contributed by atoms with Gasteiger partial charge in [-0.15, -0.1) is 5.10 Å². The summed E-state index contributed by atoms with van der Waals surface area (Å²) in [7, 11) is 1.56. The smallest absolute Gasteiger partial charge is 0.269 e. The predicted molar refractivity (Wildman–Crippen MR) is 138 cm³/mol. The van der Waals surface area contributed by atoms with Crippen LogP contribution in [-0.2, 0) is 4.79 Å². The first-order valence-corrected chi connectivity index (χ1v) is 12.7. The Morgan fingerprint density at radius 3 is 2.70 bits per heavy atom. The van der Waals surface area contributed by atoms with Gasteiger partial charge in [0.1, 0.15) is 11.8 Å². The van der Waals surface area contributed by atoms with Gasteiger partial charge < -0.3 is 10.1 Å². The number of benzene rings is 2. The van der Waals surface area contributed by atoms with E-state index >= 15 is 0 Å². The summed E-state index contributed by atoms with van der Waals surface area (Å²) in [6.45, 7) is 4.06. The summed E-state index contributed by atoms with van der Waals surface area (Å²) in [5, 5.41) is 19.7. The summed E-state index contributed by atoms with van der Waals surface area (Å²) < 4.78 is 6.73. The molecule has 190 valence electrons. The van der Waals surface area contributed by atoms with Crippen LogP contribution in [0.4, 0.5) is 11.6 Å². The third kappa shape index (κ3) is 4.86. The molecule has 0 amide bonds. The van der Waals surface area contributed by atoms with Gasteiger partial charge in [0.15, 0.2) is 11.6 Å². The maximum atomic E-state index is 13.3. The van der Waals surface area contributed by atoms with E-state index in [2.05, 4.69) is 15.4 Å². The van der Waals surface area contributed by atoms with Gasteiger partial charge in [0.2, 0.25) is 11.1 Å². The summed E-state index contributed by atoms with van der Waals surface area (Å²) in [5.74, 6) is 1.11. The Kier molecular flexibility index (Phi) is 6.32. The van der Waals surface area contributed by atoms with E-state index in [9.17, 15) is 19.7 Å². The molecule has 0 unspecified atom stereocenters. The molecular formula is C26H25N5O5S. The van der Waals surface area contributed by atoms with Crippen molar-refractivity contribution in [3.05, 3.63) is 81.0 Å². The molecule has 0 radical (unpaired) electrons. The number of nitrogens with one attached hydrogen (secondary N) is 1. The fourth-order valence-electron chi connectivity index (χ4n) is 4.76. The number of Topliss-reactive ketones (excluding diaryl/α,β-unsaturated/α-hetero) is 2. The zero-order chi connectivity index (χ0) is 26.3. The van der Waals surface area contributed by atoms with Crippen LogP contribution < -0.4 is 10.1 Å². The molecule has 2 aliphatic rings. The third-order valence-corrected chi connectivity index (χ3v) is 7.29. The van der Waals surface area contributed by atoms with E-state index in [1.165, 1.54) is 23.9 Å². The lowest BCUT2D eigenvalue weighted by molar-refractivity contribution is -0.384. The SMILES string of the molecule is COc1ccc(C(=O)CSc2nc3n(n2)[C@@H](c2cccc([N+](=O)[O-])c2)C2=C(CC(C)(C)CC2=O)N3)cc1. The normalized spacial score (nSPS) is 18.0. The van der Waals surface area contributed by atoms with Crippen molar-refractivity contribution < 1.29 is 19.2 Å². The van der Waals surface area contributed by atoms with Gasteiger partial charge in [-0.2, -0.15) is 4.98 Å². The van der Waals surface area contributed by atoms with Crippen LogP contribution in [0, 0.1) is 15.5 Å². The van der Waals surface area contributed by atoms with Gasteiger partial charge in [0.05, 0.1) is 17.8 Å². The Bertz CT molecular complexity index is 1440. The first kappa shape index (κ1) is 24.7. The summed E-state index contributed by atoms with van der Waals surface area (Å²) >= 11 is 1.19. The van der Waals surface area contributed by atoms with Gasteiger partial charge in [-0.05, 0) is 41.7 Å². The number of nitrogens with zero attached hydrogens (tertiary/aromatic N) is 4. The second kappa shape index (κ2) is 9.47. The molecule has 0 saturated carbocycles. The largest absolute Gasteiger partial charge is 0.497 e. The molecule has 10 nitrogen and oxygen atoms in total. The lowest BCUT2D eigenvalue weighted by Crippen LogP contribution is -2.36. The van der Waals surface area contributed by atoms with E-state index in [1.54, 1.807) is 48.2 Å². The number of carbonyl (C=O) groups excluding carboxylic acids is 2. The lowest BCUT2D eigenvalue weighted by Gasteiger charge is -2.38. The number of hydrogen-bond acceptors (Lipinski definition) is 9. The number of aromatic nitrogens is 3. The number of nitro benzene ring substituents is 1. The third-order valence-electron chi connectivity index (χ3n) is 6.45. The topological polar surface area (TPSA) is 129 Å². The molecule has 5 rings (SSSR count). The maximum absolute atomic E-state index is 13.3. The van der Waals surface area contributed by atoms with Crippen LogP contribution in [0.1, 0.15) is 48.7 Å². The van der Waals surface area contributed by atoms with Crippen LogP contribution >= 0.6 is 11.8 Å². The predicted octanol–water partition coefficient (Wildman–Crippen LogP) is 4.83. The molecule has 2 heterocycles. The number of methoxy groups -OCH3 is 1. The summed E-state index contributed by atoms with van der Waals surface area (Å²) in [6.07, 6.45) is 0.992. The van der Waals surface area contributed by atoms with Crippen molar-refractivity contribution >= 4 is 35.0 Å². The quantitative estimate of drug-likeness (QED) is 0.202. The molecule has 1 aliphatic heterocycles. The summed E-state index contributed by atoms with van der Waals surface area (Å²) in [4.78, 5) is 41.6. The minimum Gasteiger partial charge on any atom is -0.497 e. The van der Waals surface area contributed by atoms with E-state index in [1.807, 2.05) is 13.8 Å². The van der Waals surface area contributed by atoms with Gasteiger partial charge in [0, 0.05) is 35.4 Å². The van der Waals surface area contributed by atoms with Crippen LogP contribution in [0.3, 0.4) is 0 Å². The Morgan fingerprint density at radius 1 is 1.24 bits per heavy atom. The molecule has 1 aromatic heterocycles. The monoisotopic (exact) mass is 519 g/mol. The number of ether oxygens (including phenoxy) is 1. The highest BCUT2D eigenvalue weighted by molar-refractivity contribution is 7.99. The molecule has 0 saturated heterocycles. The average Bonchev–Trinajstić information content (AvgIpc) is 3.27. The van der Waals surface area contributed by atoms with Gasteiger partial charge in [0.25, 0.3) is 5.69 Å². The Morgan fingerprint density at radius 2 is 2.00 bits per heavy atom. The van der Waals surface area contributed by atoms with Crippen molar-refractivity contribution in [2.75, 3.05) is 18.2 Å². The number of ketones is 2. The van der Waals surface area contributed by atoms with Crippen molar-refractivity contribution in [2.45, 2.75) is 37.9 Å². The molecule has 1 atom stereocenters. The number of carbonyl (C=O) groups is 2. The number of non-ortho nitro benzene ring substituents is 1. The minimum atomic E-state index is -0.658. The minimum absolute atomic E-state index is 0.0275. The first-order valence-electron chi connectivity index (χ1n) is 11.7. The van der Waals surface area contributed by atoms with E-state index in [0.29, 0.717) is 46.4 Å². The zero-order valence-electron chi connectivity index (χ0n) is 20.6. The number of nitro groups is 1. The van der Waals surface area contributed by atoms with Crippen LogP contribution in [0.5, 0.6) is 5.75 Å². The fraction of sp³-hybridized carbons (Fsp3) is 0.308. The number of fused-ring (bicyclic) bond motifs is 1. The molecule has 37 heavy (non-hydrogen) atoms. The molecular weight excluding hydrogens is 494 g/mol. The van der Waals surface area contributed by atoms with Gasteiger partial charge in [-0.25, -0.2) is 4.68 Å². The Balaban J connectivity index is 1.48. The van der Waals surface area contributed by atoms with Gasteiger partial charge >= 0.3 is 0 Å². The van der Waals surface area contributed by atoms with Crippen molar-refractivity contribution in [3.8, 4) is 5.75 Å². The van der Waals surface area contributed by atoms with Gasteiger partial charge in [-0.3, -0.25) is 19.7 Å². The molecule has 0 bridgehead atoms. The van der Waals surface area contributed by atoms with Crippen molar-refractivity contribution in [1.29, 1.82) is 0 Å². The molecule has 3 aromatic rings. The second-order valence-corrected chi connectivity index (χ2v) is 10.8. The van der Waals surface area contributed by atoms with E-state index in [-0.39, 0.29) is 28.4 Å². The average molecular weight is 520 g/mol. The van der Waals surface area contributed by atoms with Crippen LogP contribution in [0.15, 0.2) is 65.0 Å². The van der Waals surface area contributed by atoms with Crippen molar-refractivity contribution in [1.82, 2.24) is 14.8 Å². The zero-order valence-corrected chi connectivity index (χ0v) is 21.4. The van der Waals surface area contributed by atoms with Crippen LogP contribution in [-0.4, -0.2) is 44.1 Å². The molecule has 1 N–H and O–H groups in total. The van der Waals surface area contributed by atoms with Crippen molar-refractivity contribution in [2.24, 2.45) is 5.41 Å². The standard InChI is InChI=1S/C26H25N5O5S/c1-26(2)12-19-22(20(32)13-26)23(16-5-4-6-17(11-16)31(34)35)30-24(27-19)28-25(29-30)37-14-21(33)15-7-9-18(36-3)10-8-15/h4-11,23H,12-14H2,1-3H3,(H,27,28,29)/t23-/m0/s1. The van der Waals surface area contributed by atoms with E-state index < -0.39 is 11.0 Å². The fourth-order valence-corrected chi connectivity index (χ4v) is 5.48. The van der Waals surface area contributed by atoms with Gasteiger partial charge in [-0.1, -0.05) is 37.7 Å². The number of rotatable bonds is 7. The highest BCUT2D eigenvalue weighted by Crippen LogP contribution is 2.46.